The number of thiophene rings is 1. The van der Waals surface area contributed by atoms with Crippen molar-refractivity contribution < 1.29 is 4.79 Å². The highest BCUT2D eigenvalue weighted by molar-refractivity contribution is 9.10. The number of hydrogen-bond donors (Lipinski definition) is 1. The van der Waals surface area contributed by atoms with Gasteiger partial charge in [-0.1, -0.05) is 6.92 Å². The summed E-state index contributed by atoms with van der Waals surface area (Å²) in [7, 11) is 0. The zero-order chi connectivity index (χ0) is 12.4. The fourth-order valence-electron chi connectivity index (χ4n) is 1.65. The molecule has 88 valence electrons. The molecule has 0 aliphatic carbocycles. The van der Waals surface area contributed by atoms with Gasteiger partial charge in [-0.3, -0.25) is 4.79 Å². The van der Waals surface area contributed by atoms with E-state index in [0.717, 1.165) is 21.3 Å². The number of rotatable bonds is 3. The van der Waals surface area contributed by atoms with Crippen LogP contribution in [0.5, 0.6) is 0 Å². The van der Waals surface area contributed by atoms with E-state index in [-0.39, 0.29) is 5.78 Å². The molecule has 2 rings (SSSR count). The minimum Gasteiger partial charge on any atom is -0.399 e. The second-order valence-corrected chi connectivity index (χ2v) is 5.47. The number of nitrogens with two attached hydrogens (primary N) is 1. The summed E-state index contributed by atoms with van der Waals surface area (Å²) in [5.41, 5.74) is 8.08. The van der Waals surface area contributed by atoms with Crippen molar-refractivity contribution in [2.75, 3.05) is 5.73 Å². The maximum atomic E-state index is 12.4. The van der Waals surface area contributed by atoms with Gasteiger partial charge in [-0.15, -0.1) is 11.3 Å². The van der Waals surface area contributed by atoms with E-state index in [1.165, 1.54) is 11.3 Å². The van der Waals surface area contributed by atoms with Gasteiger partial charge < -0.3 is 5.73 Å². The predicted octanol–water partition coefficient (Wildman–Crippen LogP) is 3.89. The Hall–Kier alpha value is -1.13. The third-order valence-electron chi connectivity index (χ3n) is 2.57. The molecule has 1 aromatic heterocycles. The van der Waals surface area contributed by atoms with E-state index < -0.39 is 0 Å². The fraction of sp³-hybridized carbons (Fsp3) is 0.154. The van der Waals surface area contributed by atoms with Crippen LogP contribution < -0.4 is 5.73 Å². The Morgan fingerprint density at radius 1 is 1.41 bits per heavy atom. The van der Waals surface area contributed by atoms with Crippen molar-refractivity contribution in [3.63, 3.8) is 0 Å². The molecule has 0 bridgehead atoms. The first-order valence-electron chi connectivity index (χ1n) is 5.29. The van der Waals surface area contributed by atoms with Crippen molar-refractivity contribution in [3.05, 3.63) is 50.1 Å². The van der Waals surface area contributed by atoms with Crippen molar-refractivity contribution in [3.8, 4) is 0 Å². The van der Waals surface area contributed by atoms with Crippen LogP contribution in [0.4, 0.5) is 5.69 Å². The molecule has 1 aromatic carbocycles. The molecule has 0 amide bonds. The van der Waals surface area contributed by atoms with Crippen LogP contribution in [0.2, 0.25) is 0 Å². The Balaban J connectivity index is 2.44. The van der Waals surface area contributed by atoms with Gasteiger partial charge in [0.15, 0.2) is 0 Å². The average Bonchev–Trinajstić information content (AvgIpc) is 2.76. The van der Waals surface area contributed by atoms with Crippen LogP contribution in [0.15, 0.2) is 34.1 Å². The standard InChI is InChI=1S/C13H12BrNOS/c1-2-8-5-6-17-13(8)12(16)10-4-3-9(15)7-11(10)14/h3-7H,2,15H2,1H3. The van der Waals surface area contributed by atoms with Gasteiger partial charge in [-0.2, -0.15) is 0 Å². The molecule has 2 aromatic rings. The number of halogens is 1. The molecule has 0 unspecified atom stereocenters. The van der Waals surface area contributed by atoms with Crippen molar-refractivity contribution in [2.45, 2.75) is 13.3 Å². The van der Waals surface area contributed by atoms with Gasteiger partial charge in [0.1, 0.15) is 0 Å². The Labute approximate surface area is 113 Å². The fourth-order valence-corrected chi connectivity index (χ4v) is 3.18. The van der Waals surface area contributed by atoms with E-state index in [2.05, 4.69) is 22.9 Å². The van der Waals surface area contributed by atoms with Gasteiger partial charge in [0.05, 0.1) is 4.88 Å². The molecular formula is C13H12BrNOS. The van der Waals surface area contributed by atoms with Crippen molar-refractivity contribution >= 4 is 38.7 Å². The zero-order valence-electron chi connectivity index (χ0n) is 9.37. The van der Waals surface area contributed by atoms with Crippen LogP contribution in [-0.4, -0.2) is 5.78 Å². The topological polar surface area (TPSA) is 43.1 Å². The minimum atomic E-state index is 0.0590. The molecule has 2 nitrogen and oxygen atoms in total. The van der Waals surface area contributed by atoms with Crippen LogP contribution in [-0.2, 0) is 6.42 Å². The number of carbonyl (C=O) groups is 1. The van der Waals surface area contributed by atoms with E-state index in [4.69, 9.17) is 5.73 Å². The summed E-state index contributed by atoms with van der Waals surface area (Å²) in [6.07, 6.45) is 0.872. The Morgan fingerprint density at radius 3 is 2.82 bits per heavy atom. The summed E-state index contributed by atoms with van der Waals surface area (Å²) < 4.78 is 0.748. The summed E-state index contributed by atoms with van der Waals surface area (Å²) in [6, 6.07) is 7.27. The maximum absolute atomic E-state index is 12.4. The van der Waals surface area contributed by atoms with E-state index >= 15 is 0 Å². The Morgan fingerprint density at radius 2 is 2.18 bits per heavy atom. The van der Waals surface area contributed by atoms with E-state index in [1.54, 1.807) is 18.2 Å². The lowest BCUT2D eigenvalue weighted by Gasteiger charge is -2.05. The van der Waals surface area contributed by atoms with Gasteiger partial charge in [0, 0.05) is 15.7 Å². The van der Waals surface area contributed by atoms with E-state index in [9.17, 15) is 4.79 Å². The summed E-state index contributed by atoms with van der Waals surface area (Å²) in [6.45, 7) is 2.05. The lowest BCUT2D eigenvalue weighted by atomic mass is 10.1. The van der Waals surface area contributed by atoms with Crippen molar-refractivity contribution in [2.24, 2.45) is 0 Å². The van der Waals surface area contributed by atoms with Gasteiger partial charge in [-0.25, -0.2) is 0 Å². The number of aryl methyl sites for hydroxylation is 1. The van der Waals surface area contributed by atoms with Crippen LogP contribution in [0.1, 0.15) is 27.7 Å². The third-order valence-corrected chi connectivity index (χ3v) is 4.18. The largest absolute Gasteiger partial charge is 0.399 e. The molecule has 0 saturated heterocycles. The quantitative estimate of drug-likeness (QED) is 0.690. The van der Waals surface area contributed by atoms with Gasteiger partial charge in [0.25, 0.3) is 0 Å². The highest BCUT2D eigenvalue weighted by Crippen LogP contribution is 2.26. The molecule has 2 N–H and O–H groups in total. The third kappa shape index (κ3) is 2.42. The average molecular weight is 310 g/mol. The summed E-state index contributed by atoms with van der Waals surface area (Å²) >= 11 is 4.87. The van der Waals surface area contributed by atoms with Gasteiger partial charge in [-0.05, 0) is 57.6 Å². The highest BCUT2D eigenvalue weighted by atomic mass is 79.9. The lowest BCUT2D eigenvalue weighted by molar-refractivity contribution is 0.104. The molecule has 0 radical (unpaired) electrons. The lowest BCUT2D eigenvalue weighted by Crippen LogP contribution is -2.03. The second-order valence-electron chi connectivity index (χ2n) is 3.70. The summed E-state index contributed by atoms with van der Waals surface area (Å²) in [5.74, 6) is 0.0590. The predicted molar refractivity (Wildman–Crippen MR) is 75.7 cm³/mol. The van der Waals surface area contributed by atoms with Crippen LogP contribution in [0.3, 0.4) is 0 Å². The number of nitrogen functional groups attached to an aromatic ring is 1. The maximum Gasteiger partial charge on any atom is 0.204 e. The van der Waals surface area contributed by atoms with Gasteiger partial charge in [0.2, 0.25) is 5.78 Å². The highest BCUT2D eigenvalue weighted by Gasteiger charge is 2.16. The Bertz CT molecular complexity index is 562. The second kappa shape index (κ2) is 5.02. The molecule has 1 heterocycles. The smallest absolute Gasteiger partial charge is 0.204 e. The van der Waals surface area contributed by atoms with Crippen LogP contribution >= 0.6 is 27.3 Å². The number of benzene rings is 1. The zero-order valence-corrected chi connectivity index (χ0v) is 11.8. The van der Waals surface area contributed by atoms with E-state index in [0.29, 0.717) is 11.3 Å². The SMILES string of the molecule is CCc1ccsc1C(=O)c1ccc(N)cc1Br. The summed E-state index contributed by atoms with van der Waals surface area (Å²) in [5, 5.41) is 1.96. The number of hydrogen-bond acceptors (Lipinski definition) is 3. The Kier molecular flexibility index (Phi) is 3.64. The molecule has 0 saturated carbocycles. The molecule has 0 aliphatic heterocycles. The van der Waals surface area contributed by atoms with Crippen molar-refractivity contribution in [1.82, 2.24) is 0 Å². The number of ketones is 1. The van der Waals surface area contributed by atoms with Gasteiger partial charge >= 0.3 is 0 Å². The monoisotopic (exact) mass is 309 g/mol. The molecule has 4 heteroatoms. The normalized spacial score (nSPS) is 10.5. The van der Waals surface area contributed by atoms with E-state index in [1.807, 2.05) is 11.4 Å². The molecule has 17 heavy (non-hydrogen) atoms. The molecule has 0 fully saturated rings. The van der Waals surface area contributed by atoms with Crippen LogP contribution in [0, 0.1) is 0 Å². The number of carbonyl (C=O) groups excluding carboxylic acids is 1. The minimum absolute atomic E-state index is 0.0590. The first-order valence-corrected chi connectivity index (χ1v) is 6.96. The first kappa shape index (κ1) is 12.3. The molecule has 0 spiro atoms. The molecular weight excluding hydrogens is 298 g/mol. The van der Waals surface area contributed by atoms with Crippen molar-refractivity contribution in [1.29, 1.82) is 0 Å². The molecule has 0 atom stereocenters. The number of anilines is 1. The molecule has 0 aliphatic rings. The van der Waals surface area contributed by atoms with Crippen LogP contribution in [0.25, 0.3) is 0 Å². The summed E-state index contributed by atoms with van der Waals surface area (Å²) in [4.78, 5) is 13.2. The first-order chi connectivity index (χ1) is 8.13.